The largest absolute Gasteiger partial charge is 0.481 e. The van der Waals surface area contributed by atoms with Crippen molar-refractivity contribution in [3.63, 3.8) is 0 Å². The van der Waals surface area contributed by atoms with Crippen molar-refractivity contribution < 1.29 is 9.15 Å². The number of rotatable bonds is 4. The van der Waals surface area contributed by atoms with Crippen molar-refractivity contribution in [3.8, 4) is 5.88 Å². The van der Waals surface area contributed by atoms with Crippen molar-refractivity contribution in [2.75, 3.05) is 18.2 Å². The van der Waals surface area contributed by atoms with Gasteiger partial charge in [0.25, 0.3) is 6.01 Å². The summed E-state index contributed by atoms with van der Waals surface area (Å²) < 4.78 is 10.6. The number of anilines is 2. The van der Waals surface area contributed by atoms with E-state index in [4.69, 9.17) is 14.9 Å². The molecule has 0 aliphatic heterocycles. The second-order valence-electron chi connectivity index (χ2n) is 4.28. The number of pyridine rings is 1. The first-order valence-corrected chi connectivity index (χ1v) is 6.14. The van der Waals surface area contributed by atoms with Crippen LogP contribution in [-0.4, -0.2) is 17.1 Å². The fourth-order valence-corrected chi connectivity index (χ4v) is 1.86. The maximum absolute atomic E-state index is 5.83. The van der Waals surface area contributed by atoms with Crippen LogP contribution in [0.5, 0.6) is 5.88 Å². The van der Waals surface area contributed by atoms with Gasteiger partial charge in [-0.15, -0.1) is 0 Å². The highest BCUT2D eigenvalue weighted by molar-refractivity contribution is 5.86. The number of methoxy groups -OCH3 is 1. The topological polar surface area (TPSA) is 86.2 Å². The van der Waals surface area contributed by atoms with Gasteiger partial charge in [-0.25, -0.2) is 4.98 Å². The van der Waals surface area contributed by atoms with Crippen molar-refractivity contribution >= 4 is 22.8 Å². The quantitative estimate of drug-likeness (QED) is 0.708. The lowest BCUT2D eigenvalue weighted by molar-refractivity contribution is 0.397. The SMILES string of the molecule is COc1ccc(CNc2nc3c(N)cccc3o2)cn1. The molecule has 6 heteroatoms. The number of oxazole rings is 1. The third kappa shape index (κ3) is 2.35. The summed E-state index contributed by atoms with van der Waals surface area (Å²) in [4.78, 5) is 8.45. The summed E-state index contributed by atoms with van der Waals surface area (Å²) in [5, 5.41) is 3.10. The molecule has 0 bridgehead atoms. The summed E-state index contributed by atoms with van der Waals surface area (Å²) >= 11 is 0. The van der Waals surface area contributed by atoms with Crippen LogP contribution in [0.2, 0.25) is 0 Å². The third-order valence-electron chi connectivity index (χ3n) is 2.90. The molecular formula is C14H14N4O2. The van der Waals surface area contributed by atoms with Gasteiger partial charge < -0.3 is 20.2 Å². The molecule has 0 amide bonds. The van der Waals surface area contributed by atoms with Crippen LogP contribution in [0, 0.1) is 0 Å². The Balaban J connectivity index is 1.74. The predicted molar refractivity (Wildman–Crippen MR) is 76.5 cm³/mol. The van der Waals surface area contributed by atoms with Gasteiger partial charge >= 0.3 is 0 Å². The van der Waals surface area contributed by atoms with E-state index in [1.54, 1.807) is 25.4 Å². The summed E-state index contributed by atoms with van der Waals surface area (Å²) in [7, 11) is 1.59. The van der Waals surface area contributed by atoms with E-state index >= 15 is 0 Å². The van der Waals surface area contributed by atoms with Crippen molar-refractivity contribution in [2.45, 2.75) is 6.54 Å². The lowest BCUT2D eigenvalue weighted by Crippen LogP contribution is -2.00. The van der Waals surface area contributed by atoms with Crippen LogP contribution in [0.15, 0.2) is 40.9 Å². The molecule has 0 fully saturated rings. The van der Waals surface area contributed by atoms with Crippen LogP contribution >= 0.6 is 0 Å². The van der Waals surface area contributed by atoms with Gasteiger partial charge in [0.1, 0.15) is 5.52 Å². The number of nitrogens with two attached hydrogens (primary N) is 1. The van der Waals surface area contributed by atoms with Crippen molar-refractivity contribution in [2.24, 2.45) is 0 Å². The van der Waals surface area contributed by atoms with Crippen LogP contribution in [0.25, 0.3) is 11.1 Å². The number of nitrogen functional groups attached to an aromatic ring is 1. The number of para-hydroxylation sites is 1. The standard InChI is InChI=1S/C14H14N4O2/c1-19-12-6-5-9(7-16-12)8-17-14-18-13-10(15)3-2-4-11(13)20-14/h2-7H,8,15H2,1H3,(H,17,18). The molecule has 0 unspecified atom stereocenters. The zero-order chi connectivity index (χ0) is 13.9. The molecule has 0 aliphatic carbocycles. The Labute approximate surface area is 115 Å². The van der Waals surface area contributed by atoms with Gasteiger partial charge in [-0.1, -0.05) is 12.1 Å². The predicted octanol–water partition coefficient (Wildman–Crippen LogP) is 2.43. The van der Waals surface area contributed by atoms with E-state index in [0.717, 1.165) is 5.56 Å². The van der Waals surface area contributed by atoms with Crippen LogP contribution in [0.4, 0.5) is 11.7 Å². The Bertz CT molecular complexity index is 722. The van der Waals surface area contributed by atoms with E-state index in [2.05, 4.69) is 15.3 Å². The fraction of sp³-hybridized carbons (Fsp3) is 0.143. The Hall–Kier alpha value is -2.76. The van der Waals surface area contributed by atoms with Gasteiger partial charge in [0.2, 0.25) is 5.88 Å². The molecule has 3 rings (SSSR count). The second kappa shape index (κ2) is 5.08. The summed E-state index contributed by atoms with van der Waals surface area (Å²) in [6.45, 7) is 0.559. The van der Waals surface area contributed by atoms with Crippen molar-refractivity contribution in [1.82, 2.24) is 9.97 Å². The molecule has 3 aromatic rings. The van der Waals surface area contributed by atoms with Gasteiger partial charge in [0.05, 0.1) is 12.8 Å². The van der Waals surface area contributed by atoms with Crippen molar-refractivity contribution in [3.05, 3.63) is 42.1 Å². The molecule has 20 heavy (non-hydrogen) atoms. The number of fused-ring (bicyclic) bond motifs is 1. The summed E-state index contributed by atoms with van der Waals surface area (Å²) in [5.41, 5.74) is 8.77. The molecule has 2 aromatic heterocycles. The summed E-state index contributed by atoms with van der Waals surface area (Å²) in [6.07, 6.45) is 1.74. The lowest BCUT2D eigenvalue weighted by Gasteiger charge is -2.02. The molecule has 0 aliphatic rings. The average Bonchev–Trinajstić information content (AvgIpc) is 2.90. The van der Waals surface area contributed by atoms with E-state index in [9.17, 15) is 0 Å². The maximum atomic E-state index is 5.83. The van der Waals surface area contributed by atoms with Crippen LogP contribution in [0.1, 0.15) is 5.56 Å². The highest BCUT2D eigenvalue weighted by Crippen LogP contribution is 2.23. The molecule has 0 radical (unpaired) electrons. The van der Waals surface area contributed by atoms with Crippen LogP contribution in [-0.2, 0) is 6.54 Å². The number of ether oxygens (including phenoxy) is 1. The van der Waals surface area contributed by atoms with Crippen molar-refractivity contribution in [1.29, 1.82) is 0 Å². The number of benzene rings is 1. The van der Waals surface area contributed by atoms with E-state index < -0.39 is 0 Å². The van der Waals surface area contributed by atoms with E-state index in [0.29, 0.717) is 35.2 Å². The van der Waals surface area contributed by atoms with Gasteiger partial charge in [0.15, 0.2) is 5.58 Å². The third-order valence-corrected chi connectivity index (χ3v) is 2.90. The number of aromatic nitrogens is 2. The minimum absolute atomic E-state index is 0.439. The van der Waals surface area contributed by atoms with Crippen LogP contribution < -0.4 is 15.8 Å². The van der Waals surface area contributed by atoms with Crippen LogP contribution in [0.3, 0.4) is 0 Å². The first-order chi connectivity index (χ1) is 9.76. The van der Waals surface area contributed by atoms with Gasteiger partial charge in [0, 0.05) is 18.8 Å². The normalized spacial score (nSPS) is 10.7. The Morgan fingerprint density at radius 3 is 2.90 bits per heavy atom. The number of nitrogens with zero attached hydrogens (tertiary/aromatic N) is 2. The molecule has 0 atom stereocenters. The molecule has 3 N–H and O–H groups in total. The Morgan fingerprint density at radius 1 is 1.30 bits per heavy atom. The summed E-state index contributed by atoms with van der Waals surface area (Å²) in [5.74, 6) is 0.586. The Morgan fingerprint density at radius 2 is 2.20 bits per heavy atom. The van der Waals surface area contributed by atoms with Gasteiger partial charge in [-0.3, -0.25) is 0 Å². The van der Waals surface area contributed by atoms with Gasteiger partial charge in [-0.2, -0.15) is 4.98 Å². The number of hydrogen-bond donors (Lipinski definition) is 2. The molecule has 2 heterocycles. The minimum atomic E-state index is 0.439. The average molecular weight is 270 g/mol. The molecule has 0 saturated heterocycles. The monoisotopic (exact) mass is 270 g/mol. The van der Waals surface area contributed by atoms with E-state index in [1.807, 2.05) is 18.2 Å². The smallest absolute Gasteiger partial charge is 0.296 e. The fourth-order valence-electron chi connectivity index (χ4n) is 1.86. The molecule has 102 valence electrons. The zero-order valence-electron chi connectivity index (χ0n) is 11.0. The molecular weight excluding hydrogens is 256 g/mol. The highest BCUT2D eigenvalue weighted by Gasteiger charge is 2.07. The molecule has 6 nitrogen and oxygen atoms in total. The summed E-state index contributed by atoms with van der Waals surface area (Å²) in [6, 6.07) is 9.63. The Kier molecular flexibility index (Phi) is 3.12. The zero-order valence-corrected chi connectivity index (χ0v) is 11.0. The molecule has 0 saturated carbocycles. The molecule has 0 spiro atoms. The minimum Gasteiger partial charge on any atom is -0.481 e. The second-order valence-corrected chi connectivity index (χ2v) is 4.28. The first-order valence-electron chi connectivity index (χ1n) is 6.14. The van der Waals surface area contributed by atoms with E-state index in [-0.39, 0.29) is 0 Å². The van der Waals surface area contributed by atoms with E-state index in [1.165, 1.54) is 0 Å². The molecule has 1 aromatic carbocycles. The number of hydrogen-bond acceptors (Lipinski definition) is 6. The number of nitrogens with one attached hydrogen (secondary N) is 1. The first kappa shape index (κ1) is 12.3. The maximum Gasteiger partial charge on any atom is 0.296 e. The highest BCUT2D eigenvalue weighted by atomic mass is 16.5. The lowest BCUT2D eigenvalue weighted by atomic mass is 10.3. The van der Waals surface area contributed by atoms with Gasteiger partial charge in [-0.05, 0) is 17.7 Å².